The summed E-state index contributed by atoms with van der Waals surface area (Å²) in [5.41, 5.74) is 7.85. The van der Waals surface area contributed by atoms with Crippen LogP contribution in [-0.4, -0.2) is 139 Å². The molecule has 24 rings (SSSR count). The fourth-order valence-corrected chi connectivity index (χ4v) is 48.8. The molecule has 840 valence electrons. The van der Waals surface area contributed by atoms with Crippen molar-refractivity contribution in [2.75, 3.05) is 65.0 Å². The zero-order valence-electron chi connectivity index (χ0n) is 96.7. The van der Waals surface area contributed by atoms with Gasteiger partial charge in [-0.1, -0.05) is 135 Å². The number of ether oxygens (including phenoxy) is 3. The SMILES string of the molecule is C=C(C)[C@H]1CC[C@H]2[C@@H]3CC[C@H]4C[C@@](O)(COC)CC[C@@H]4[C@H]3CC[C@]12C.C=C(C)[C@H]1CC[C@H]2[C@@H]3CC[C@H]4C[C@](C)(O)CC[C@@H]4[C@H]3CC[C@]12C.C=C(CBr)[C@H]1CC[C@H]2[C@@H]3CC[C@H]4C[C@@](O)(COC)CC[C@@H]4[C@H]3CC[C@]12C.C=C(CBr)[C@H]1CC[C@H]2[C@@H]3CC[C@H]4C[C@](C)(O)CC[C@@H]4[C@H]3CC[C@]12C.C=C(CO)[C@H]1CC[C@H]2[C@@H]3CC[C@H]4C[C@@](O)(COC)CC[C@@H]4[C@H]3CC[C@]12C.C=C(CO)[C@H]1CC[C@H]2[C@@H]3CC[C@H]4C[C@](C)(O)CC[C@@H]4[C@H]3CC[C@]12C. The molecule has 48 atom stereocenters. The van der Waals surface area contributed by atoms with Gasteiger partial charge in [-0.2, -0.15) is 0 Å². The Kier molecular flexibility index (Phi) is 35.0. The van der Waals surface area contributed by atoms with Gasteiger partial charge in [0.15, 0.2) is 0 Å². The van der Waals surface area contributed by atoms with Crippen LogP contribution in [0.1, 0.15) is 423 Å². The van der Waals surface area contributed by atoms with E-state index >= 15 is 0 Å². The van der Waals surface area contributed by atoms with Gasteiger partial charge in [0.1, 0.15) is 0 Å². The number of aliphatic hydroxyl groups is 8. The third-order valence-electron chi connectivity index (χ3n) is 54.2. The molecule has 0 aromatic carbocycles. The molecule has 0 saturated heterocycles. The predicted molar refractivity (Wildman–Crippen MR) is 614 cm³/mol. The van der Waals surface area contributed by atoms with Gasteiger partial charge in [0.05, 0.1) is 66.6 Å². The normalized spacial score (nSPS) is 52.7. The van der Waals surface area contributed by atoms with Crippen LogP contribution in [0.4, 0.5) is 0 Å². The molecular formula is C135H220Br2O11. The summed E-state index contributed by atoms with van der Waals surface area (Å²) in [5.74, 6) is 30.3. The first-order valence-electron chi connectivity index (χ1n) is 63.4. The third kappa shape index (κ3) is 21.6. The number of alkyl halides is 2. The van der Waals surface area contributed by atoms with E-state index in [1.54, 1.807) is 21.3 Å². The van der Waals surface area contributed by atoms with E-state index in [1.807, 2.05) is 0 Å². The summed E-state index contributed by atoms with van der Waals surface area (Å²) in [6.45, 7) is 53.8. The minimum Gasteiger partial charge on any atom is -0.392 e. The quantitative estimate of drug-likeness (QED) is 0.0542. The average molecular weight is 2180 g/mol. The molecular weight excluding hydrogens is 1960 g/mol. The van der Waals surface area contributed by atoms with Crippen LogP contribution >= 0.6 is 31.9 Å². The molecule has 8 N–H and O–H groups in total. The van der Waals surface area contributed by atoms with Crippen molar-refractivity contribution in [1.29, 1.82) is 0 Å². The Bertz CT molecular complexity index is 4400. The van der Waals surface area contributed by atoms with Crippen LogP contribution in [0.3, 0.4) is 0 Å². The molecule has 0 unspecified atom stereocenters. The maximum absolute atomic E-state index is 10.9. The molecule has 24 aliphatic carbocycles. The van der Waals surface area contributed by atoms with Crippen LogP contribution < -0.4 is 0 Å². The fourth-order valence-electron chi connectivity index (χ4n) is 48.0. The van der Waals surface area contributed by atoms with Gasteiger partial charge in [-0.15, -0.1) is 0 Å². The van der Waals surface area contributed by atoms with E-state index in [4.69, 9.17) is 14.2 Å². The van der Waals surface area contributed by atoms with Crippen LogP contribution in [0.5, 0.6) is 0 Å². The number of hydrogen-bond acceptors (Lipinski definition) is 11. The first-order valence-corrected chi connectivity index (χ1v) is 65.6. The molecule has 148 heavy (non-hydrogen) atoms. The van der Waals surface area contributed by atoms with Gasteiger partial charge >= 0.3 is 0 Å². The minimum atomic E-state index is -0.580. The van der Waals surface area contributed by atoms with Crippen molar-refractivity contribution in [2.24, 2.45) is 246 Å². The summed E-state index contributed by atoms with van der Waals surface area (Å²) >= 11 is 7.34. The molecule has 24 aliphatic rings. The van der Waals surface area contributed by atoms with Crippen molar-refractivity contribution in [3.05, 3.63) is 72.9 Å². The zero-order chi connectivity index (χ0) is 106. The van der Waals surface area contributed by atoms with Crippen LogP contribution in [0.15, 0.2) is 72.9 Å². The number of rotatable bonds is 16. The second-order valence-electron chi connectivity index (χ2n) is 61.5. The summed E-state index contributed by atoms with van der Waals surface area (Å²) < 4.78 is 15.9. The highest BCUT2D eigenvalue weighted by molar-refractivity contribution is 9.09. The molecule has 24 fully saturated rings. The van der Waals surface area contributed by atoms with Crippen LogP contribution in [0, 0.1) is 246 Å². The van der Waals surface area contributed by atoms with Gasteiger partial charge in [0.2, 0.25) is 0 Å². The van der Waals surface area contributed by atoms with Gasteiger partial charge in [0.25, 0.3) is 0 Å². The zero-order valence-corrected chi connectivity index (χ0v) is 99.9. The number of hydrogen-bond donors (Lipinski definition) is 8. The van der Waals surface area contributed by atoms with Crippen LogP contribution in [0.2, 0.25) is 0 Å². The van der Waals surface area contributed by atoms with Gasteiger partial charge in [-0.25, -0.2) is 0 Å². The number of halogens is 2. The molecule has 0 aliphatic heterocycles. The number of aliphatic hydroxyl groups excluding tert-OH is 2. The maximum Gasteiger partial charge on any atom is 0.0882 e. The molecule has 0 aromatic rings. The highest BCUT2D eigenvalue weighted by Crippen LogP contribution is 2.75. The van der Waals surface area contributed by atoms with E-state index in [2.05, 4.69) is 147 Å². The van der Waals surface area contributed by atoms with Gasteiger partial charge in [-0.05, 0) is 638 Å². The lowest BCUT2D eigenvalue weighted by Crippen LogP contribution is -2.52. The predicted octanol–water partition coefficient (Wildman–Crippen LogP) is 31.1. The van der Waals surface area contributed by atoms with Gasteiger partial charge < -0.3 is 55.1 Å². The molecule has 11 nitrogen and oxygen atoms in total. The highest BCUT2D eigenvalue weighted by Gasteiger charge is 2.67. The Hall–Kier alpha value is -1.04. The molecule has 0 aromatic heterocycles. The van der Waals surface area contributed by atoms with E-state index in [1.165, 1.54) is 292 Å². The van der Waals surface area contributed by atoms with Crippen molar-refractivity contribution in [3.63, 3.8) is 0 Å². The van der Waals surface area contributed by atoms with E-state index in [-0.39, 0.29) is 24.4 Å². The van der Waals surface area contributed by atoms with Crippen molar-refractivity contribution in [2.45, 2.75) is 456 Å². The molecule has 0 amide bonds. The second kappa shape index (κ2) is 45.0. The summed E-state index contributed by atoms with van der Waals surface area (Å²) in [5, 5.41) is 85.3. The number of allylic oxidation sites excluding steroid dienone is 4. The monoisotopic (exact) mass is 2180 g/mol. The smallest absolute Gasteiger partial charge is 0.0882 e. The van der Waals surface area contributed by atoms with E-state index in [9.17, 15) is 40.9 Å². The average Bonchev–Trinajstić information content (AvgIpc) is 1.56. The standard InChI is InChI=1S/C23H37BrO2.C23H38O3.C23H38O2.C22H35BrO.C22H36O2.C22H36O/c2*1-15(13-24)20-6-7-21-19-5-4-16-12-23(25,14-26-3)11-9-17(16)18(19)8-10-22(20,21)2;1-15(2)20-7-8-21-19-6-5-16-13-23(24,14-25-4)12-10-17(16)18(19)9-11-22(20,21)3;2*1-14(13-23)19-6-7-20-18-5-4-15-12-21(2,24)10-8-16(15)17(18)9-11-22(19,20)3;1-14(2)19-7-8-20-18-6-5-15-13-21(3,23)11-9-16(15)17(18)10-12-22(19,20)4/h16-21,25H,1,4-14H2,2-3H3;16-21,24-25H,1,4-14H2,2-3H3;16-21,24H,1,5-14H2,2-4H3;15-20,24H,1,4-13H2,2-3H3;15-20,23-24H,1,4-13H2,2-3H3;15-20,23H,1,5-13H2,2-4H3/t3*16-,17-,18+,19+,20+,21-,22+,23+;3*15-,16-,17+,18+,19+,20-,21+,22+/m000000/s1. The van der Waals surface area contributed by atoms with Crippen molar-refractivity contribution >= 4 is 31.9 Å². The molecule has 0 bridgehead atoms. The lowest BCUT2D eigenvalue weighted by atomic mass is 9.48. The Morgan fingerprint density at radius 1 is 0.223 bits per heavy atom. The van der Waals surface area contributed by atoms with Crippen molar-refractivity contribution in [1.82, 2.24) is 0 Å². The fraction of sp³-hybridized carbons (Fsp3) is 0.911. The molecule has 0 heterocycles. The Morgan fingerprint density at radius 3 is 0.601 bits per heavy atom. The largest absolute Gasteiger partial charge is 0.392 e. The van der Waals surface area contributed by atoms with E-state index in [0.717, 1.165) is 294 Å². The lowest BCUT2D eigenvalue weighted by Gasteiger charge is -2.57. The highest BCUT2D eigenvalue weighted by atomic mass is 79.9. The second-order valence-corrected chi connectivity index (χ2v) is 62.6. The van der Waals surface area contributed by atoms with Crippen molar-refractivity contribution in [3.8, 4) is 0 Å². The summed E-state index contributed by atoms with van der Waals surface area (Å²) in [7, 11) is 5.15. The molecule has 0 spiro atoms. The Balaban J connectivity index is 0.000000112. The lowest BCUT2D eigenvalue weighted by molar-refractivity contribution is -0.123. The van der Waals surface area contributed by atoms with Gasteiger partial charge in [-0.3, -0.25) is 0 Å². The summed E-state index contributed by atoms with van der Waals surface area (Å²) in [6, 6.07) is 0. The van der Waals surface area contributed by atoms with E-state index < -0.39 is 22.4 Å². The molecule has 24 saturated carbocycles. The first-order chi connectivity index (χ1) is 70.2. The van der Waals surface area contributed by atoms with Gasteiger partial charge in [0, 0.05) is 32.0 Å². The first kappa shape index (κ1) is 115. The molecule has 13 heteroatoms. The summed E-state index contributed by atoms with van der Waals surface area (Å²) in [4.78, 5) is 0. The Labute approximate surface area is 920 Å². The van der Waals surface area contributed by atoms with Crippen LogP contribution in [-0.2, 0) is 14.2 Å². The minimum absolute atomic E-state index is 0.157. The topological polar surface area (TPSA) is 190 Å². The summed E-state index contributed by atoms with van der Waals surface area (Å²) in [6.07, 6.45) is 68.8. The molecule has 0 radical (unpaired) electrons. The Morgan fingerprint density at radius 2 is 0.405 bits per heavy atom. The van der Waals surface area contributed by atoms with Crippen LogP contribution in [0.25, 0.3) is 0 Å². The third-order valence-corrected chi connectivity index (χ3v) is 55.6. The number of methoxy groups -OCH3 is 3. The van der Waals surface area contributed by atoms with Crippen molar-refractivity contribution < 1.29 is 55.1 Å². The van der Waals surface area contributed by atoms with E-state index in [0.29, 0.717) is 70.1 Å². The maximum atomic E-state index is 10.9. The number of fused-ring (bicyclic) bond motifs is 30.